The molecule has 1 unspecified atom stereocenters. The van der Waals surface area contributed by atoms with Crippen molar-refractivity contribution >= 4 is 22.5 Å². The Balaban J connectivity index is 2.27. The number of hydrogen-bond acceptors (Lipinski definition) is 2. The van der Waals surface area contributed by atoms with Crippen LogP contribution in [0.3, 0.4) is 0 Å². The molecule has 4 heteroatoms. The highest BCUT2D eigenvalue weighted by molar-refractivity contribution is 6.01. The van der Waals surface area contributed by atoms with E-state index in [1.54, 1.807) is 0 Å². The zero-order valence-corrected chi connectivity index (χ0v) is 10.1. The lowest BCUT2D eigenvalue weighted by molar-refractivity contribution is -0.116. The number of para-hydroxylation sites is 1. The molecule has 2 aromatic rings. The summed E-state index contributed by atoms with van der Waals surface area (Å²) < 4.78 is 2.00. The van der Waals surface area contributed by atoms with Gasteiger partial charge in [0, 0.05) is 36.6 Å². The molecule has 17 heavy (non-hydrogen) atoms. The molecule has 0 radical (unpaired) electrons. The molecular formula is C13H17N3O. The van der Waals surface area contributed by atoms with Gasteiger partial charge in [-0.1, -0.05) is 18.2 Å². The molecule has 1 atom stereocenters. The van der Waals surface area contributed by atoms with Crippen molar-refractivity contribution < 1.29 is 4.79 Å². The average molecular weight is 231 g/mol. The standard InChI is InChI=1S/C13H17N3O/c1-9(14)7-13(17)15-11-8-16(2)12-6-4-3-5-10(11)12/h3-6,8-9H,7,14H2,1-2H3,(H,15,17). The van der Waals surface area contributed by atoms with Gasteiger partial charge in [-0.05, 0) is 13.0 Å². The lowest BCUT2D eigenvalue weighted by atomic mass is 10.2. The lowest BCUT2D eigenvalue weighted by Gasteiger charge is -2.05. The Kier molecular flexibility index (Phi) is 3.15. The number of aromatic nitrogens is 1. The fourth-order valence-corrected chi connectivity index (χ4v) is 1.93. The summed E-state index contributed by atoms with van der Waals surface area (Å²) in [6, 6.07) is 7.84. The predicted molar refractivity (Wildman–Crippen MR) is 69.8 cm³/mol. The topological polar surface area (TPSA) is 60.1 Å². The molecule has 1 heterocycles. The van der Waals surface area contributed by atoms with Crippen LogP contribution in [0.25, 0.3) is 10.9 Å². The van der Waals surface area contributed by atoms with E-state index in [4.69, 9.17) is 5.73 Å². The summed E-state index contributed by atoms with van der Waals surface area (Å²) >= 11 is 0. The smallest absolute Gasteiger partial charge is 0.225 e. The van der Waals surface area contributed by atoms with Crippen LogP contribution in [0.15, 0.2) is 30.5 Å². The molecule has 0 saturated heterocycles. The highest BCUT2D eigenvalue weighted by Crippen LogP contribution is 2.24. The zero-order chi connectivity index (χ0) is 12.4. The van der Waals surface area contributed by atoms with Gasteiger partial charge in [0.15, 0.2) is 0 Å². The molecule has 0 bridgehead atoms. The summed E-state index contributed by atoms with van der Waals surface area (Å²) in [5.41, 5.74) is 7.54. The van der Waals surface area contributed by atoms with E-state index in [-0.39, 0.29) is 11.9 Å². The van der Waals surface area contributed by atoms with E-state index in [1.807, 2.05) is 49.0 Å². The Labute approximate surface area is 100 Å². The maximum atomic E-state index is 11.7. The van der Waals surface area contributed by atoms with Gasteiger partial charge in [0.1, 0.15) is 0 Å². The second-order valence-electron chi connectivity index (χ2n) is 4.40. The van der Waals surface area contributed by atoms with E-state index < -0.39 is 0 Å². The summed E-state index contributed by atoms with van der Waals surface area (Å²) in [5.74, 6) is -0.0450. The van der Waals surface area contributed by atoms with Gasteiger partial charge in [-0.15, -0.1) is 0 Å². The van der Waals surface area contributed by atoms with Crippen molar-refractivity contribution in [2.24, 2.45) is 12.8 Å². The van der Waals surface area contributed by atoms with Crippen molar-refractivity contribution in [3.8, 4) is 0 Å². The van der Waals surface area contributed by atoms with Crippen LogP contribution in [0.1, 0.15) is 13.3 Å². The third-order valence-electron chi connectivity index (χ3n) is 2.68. The van der Waals surface area contributed by atoms with Crippen molar-refractivity contribution in [2.75, 3.05) is 5.32 Å². The van der Waals surface area contributed by atoms with Crippen molar-refractivity contribution in [1.82, 2.24) is 4.57 Å². The highest BCUT2D eigenvalue weighted by atomic mass is 16.1. The van der Waals surface area contributed by atoms with Crippen LogP contribution in [0.2, 0.25) is 0 Å². The van der Waals surface area contributed by atoms with Crippen molar-refractivity contribution in [3.63, 3.8) is 0 Å². The minimum absolute atomic E-state index is 0.0450. The maximum Gasteiger partial charge on any atom is 0.225 e. The Bertz CT molecular complexity index is 543. The first-order chi connectivity index (χ1) is 8.08. The molecule has 3 N–H and O–H groups in total. The summed E-state index contributed by atoms with van der Waals surface area (Å²) in [6.07, 6.45) is 2.26. The Morgan fingerprint density at radius 3 is 2.88 bits per heavy atom. The van der Waals surface area contributed by atoms with Gasteiger partial charge >= 0.3 is 0 Å². The third kappa shape index (κ3) is 2.47. The molecule has 1 aromatic heterocycles. The van der Waals surface area contributed by atoms with Crippen molar-refractivity contribution in [2.45, 2.75) is 19.4 Å². The van der Waals surface area contributed by atoms with Crippen LogP contribution in [-0.2, 0) is 11.8 Å². The van der Waals surface area contributed by atoms with Gasteiger partial charge < -0.3 is 15.6 Å². The molecular weight excluding hydrogens is 214 g/mol. The molecule has 1 amide bonds. The predicted octanol–water partition coefficient (Wildman–Crippen LogP) is 1.85. The van der Waals surface area contributed by atoms with E-state index in [2.05, 4.69) is 5.32 Å². The largest absolute Gasteiger partial charge is 0.348 e. The number of anilines is 1. The number of amides is 1. The molecule has 2 rings (SSSR count). The van der Waals surface area contributed by atoms with Gasteiger partial charge in [0.05, 0.1) is 5.69 Å². The number of carbonyl (C=O) groups is 1. The molecule has 0 spiro atoms. The third-order valence-corrected chi connectivity index (χ3v) is 2.68. The minimum Gasteiger partial charge on any atom is -0.348 e. The number of nitrogens with two attached hydrogens (primary N) is 1. The number of carbonyl (C=O) groups excluding carboxylic acids is 1. The van der Waals surface area contributed by atoms with Gasteiger partial charge in [0.2, 0.25) is 5.91 Å². The maximum absolute atomic E-state index is 11.7. The van der Waals surface area contributed by atoms with Crippen molar-refractivity contribution in [1.29, 1.82) is 0 Å². The normalized spacial score (nSPS) is 12.6. The van der Waals surface area contributed by atoms with Gasteiger partial charge in [0.25, 0.3) is 0 Å². The molecule has 1 aromatic carbocycles. The number of nitrogens with zero attached hydrogens (tertiary/aromatic N) is 1. The first kappa shape index (κ1) is 11.7. The van der Waals surface area contributed by atoms with Gasteiger partial charge in [-0.25, -0.2) is 0 Å². The van der Waals surface area contributed by atoms with Gasteiger partial charge in [-0.2, -0.15) is 0 Å². The monoisotopic (exact) mass is 231 g/mol. The van der Waals surface area contributed by atoms with Crippen LogP contribution in [-0.4, -0.2) is 16.5 Å². The summed E-state index contributed by atoms with van der Waals surface area (Å²) in [7, 11) is 1.96. The molecule has 0 aliphatic heterocycles. The Hall–Kier alpha value is -1.81. The molecule has 90 valence electrons. The van der Waals surface area contributed by atoms with Crippen LogP contribution in [0.4, 0.5) is 5.69 Å². The fourth-order valence-electron chi connectivity index (χ4n) is 1.93. The number of nitrogens with one attached hydrogen (secondary N) is 1. The Morgan fingerprint density at radius 2 is 2.18 bits per heavy atom. The van der Waals surface area contributed by atoms with Crippen LogP contribution >= 0.6 is 0 Å². The molecule has 0 aliphatic carbocycles. The summed E-state index contributed by atoms with van der Waals surface area (Å²) in [6.45, 7) is 1.82. The molecule has 4 nitrogen and oxygen atoms in total. The first-order valence-corrected chi connectivity index (χ1v) is 5.67. The molecule has 0 fully saturated rings. The van der Waals surface area contributed by atoms with E-state index in [0.717, 1.165) is 16.6 Å². The molecule has 0 saturated carbocycles. The van der Waals surface area contributed by atoms with E-state index in [0.29, 0.717) is 6.42 Å². The highest BCUT2D eigenvalue weighted by Gasteiger charge is 2.10. The SMILES string of the molecule is CC(N)CC(=O)Nc1cn(C)c2ccccc12. The summed E-state index contributed by atoms with van der Waals surface area (Å²) in [5, 5.41) is 3.95. The number of aryl methyl sites for hydroxylation is 1. The second kappa shape index (κ2) is 4.59. The van der Waals surface area contributed by atoms with Crippen molar-refractivity contribution in [3.05, 3.63) is 30.5 Å². The van der Waals surface area contributed by atoms with Crippen LogP contribution in [0.5, 0.6) is 0 Å². The van der Waals surface area contributed by atoms with Gasteiger partial charge in [-0.3, -0.25) is 4.79 Å². The quantitative estimate of drug-likeness (QED) is 0.847. The number of fused-ring (bicyclic) bond motifs is 1. The van der Waals surface area contributed by atoms with Crippen LogP contribution in [0, 0.1) is 0 Å². The lowest BCUT2D eigenvalue weighted by Crippen LogP contribution is -2.23. The number of rotatable bonds is 3. The Morgan fingerprint density at radius 1 is 1.47 bits per heavy atom. The van der Waals surface area contributed by atoms with E-state index in [9.17, 15) is 4.79 Å². The second-order valence-corrected chi connectivity index (χ2v) is 4.40. The minimum atomic E-state index is -0.120. The zero-order valence-electron chi connectivity index (χ0n) is 10.1. The van der Waals surface area contributed by atoms with Crippen LogP contribution < -0.4 is 11.1 Å². The number of hydrogen-bond donors (Lipinski definition) is 2. The van der Waals surface area contributed by atoms with E-state index in [1.165, 1.54) is 0 Å². The molecule has 0 aliphatic rings. The average Bonchev–Trinajstić information content (AvgIpc) is 2.55. The fraction of sp³-hybridized carbons (Fsp3) is 0.308. The summed E-state index contributed by atoms with van der Waals surface area (Å²) in [4.78, 5) is 11.7. The van der Waals surface area contributed by atoms with E-state index >= 15 is 0 Å². The number of benzene rings is 1. The first-order valence-electron chi connectivity index (χ1n) is 5.67.